The number of hydrogen-bond donors (Lipinski definition) is 0. The molecule has 0 fully saturated rings. The fourth-order valence-electron chi connectivity index (χ4n) is 1.71. The quantitative estimate of drug-likeness (QED) is 0.334. The zero-order chi connectivity index (χ0) is 16.7. The van der Waals surface area contributed by atoms with E-state index in [0.717, 1.165) is 14.9 Å². The molecule has 0 saturated heterocycles. The van der Waals surface area contributed by atoms with Gasteiger partial charge < -0.3 is 9.47 Å². The van der Waals surface area contributed by atoms with Crippen LogP contribution in [0.4, 0.5) is 0 Å². The van der Waals surface area contributed by atoms with E-state index in [1.54, 1.807) is 47.8 Å². The molecule has 0 aliphatic heterocycles. The first kappa shape index (κ1) is 17.4. The minimum absolute atomic E-state index is 0.321. The van der Waals surface area contributed by atoms with Crippen LogP contribution in [0.15, 0.2) is 58.3 Å². The molecule has 0 unspecified atom stereocenters. The number of benzene rings is 2. The van der Waals surface area contributed by atoms with Crippen LogP contribution >= 0.6 is 23.5 Å². The van der Waals surface area contributed by atoms with E-state index >= 15 is 0 Å². The Morgan fingerprint density at radius 3 is 1.39 bits per heavy atom. The van der Waals surface area contributed by atoms with Crippen molar-refractivity contribution in [2.45, 2.75) is 23.6 Å². The van der Waals surface area contributed by atoms with E-state index in [-0.39, 0.29) is 11.9 Å². The van der Waals surface area contributed by atoms with Crippen molar-refractivity contribution in [2.75, 3.05) is 5.08 Å². The lowest BCUT2D eigenvalue weighted by Gasteiger charge is -2.05. The molecule has 0 N–H and O–H groups in total. The number of carbonyl (C=O) groups excluding carboxylic acids is 2. The second-order valence-electron chi connectivity index (χ2n) is 4.54. The summed E-state index contributed by atoms with van der Waals surface area (Å²) in [6, 6.07) is 14.8. The Bertz CT molecular complexity index is 606. The number of rotatable bonds is 6. The van der Waals surface area contributed by atoms with Gasteiger partial charge in [0.2, 0.25) is 0 Å². The Morgan fingerprint density at radius 2 is 1.09 bits per heavy atom. The van der Waals surface area contributed by atoms with Crippen molar-refractivity contribution in [1.29, 1.82) is 0 Å². The van der Waals surface area contributed by atoms with E-state index < -0.39 is 0 Å². The fourth-order valence-corrected chi connectivity index (χ4v) is 3.69. The average Bonchev–Trinajstić information content (AvgIpc) is 2.50. The van der Waals surface area contributed by atoms with Gasteiger partial charge >= 0.3 is 11.9 Å². The summed E-state index contributed by atoms with van der Waals surface area (Å²) in [5.74, 6) is 0.461. The molecule has 0 heterocycles. The molecule has 2 aromatic carbocycles. The fraction of sp³-hybridized carbons (Fsp3) is 0.176. The first-order chi connectivity index (χ1) is 11.0. The number of hydrogen-bond acceptors (Lipinski definition) is 6. The molecule has 0 amide bonds. The molecule has 4 nitrogen and oxygen atoms in total. The van der Waals surface area contributed by atoms with Gasteiger partial charge in [-0.25, -0.2) is 0 Å². The minimum atomic E-state index is -0.321. The van der Waals surface area contributed by atoms with Crippen molar-refractivity contribution < 1.29 is 19.1 Å². The van der Waals surface area contributed by atoms with Gasteiger partial charge in [-0.2, -0.15) is 0 Å². The van der Waals surface area contributed by atoms with Gasteiger partial charge in [0, 0.05) is 28.7 Å². The van der Waals surface area contributed by atoms with E-state index in [9.17, 15) is 9.59 Å². The molecule has 0 saturated carbocycles. The molecule has 2 aromatic rings. The molecule has 23 heavy (non-hydrogen) atoms. The molecule has 6 heteroatoms. The van der Waals surface area contributed by atoms with Crippen LogP contribution in [0.3, 0.4) is 0 Å². The topological polar surface area (TPSA) is 52.6 Å². The van der Waals surface area contributed by atoms with Gasteiger partial charge in [-0.15, -0.1) is 23.5 Å². The summed E-state index contributed by atoms with van der Waals surface area (Å²) in [6.07, 6.45) is 0. The Morgan fingerprint density at radius 1 is 0.739 bits per heavy atom. The Labute approximate surface area is 143 Å². The van der Waals surface area contributed by atoms with Crippen molar-refractivity contribution in [3.63, 3.8) is 0 Å². The van der Waals surface area contributed by atoms with Gasteiger partial charge in [-0.1, -0.05) is 0 Å². The molecular weight excluding hydrogens is 332 g/mol. The predicted molar refractivity (Wildman–Crippen MR) is 92.1 cm³/mol. The van der Waals surface area contributed by atoms with Crippen LogP contribution in [0.5, 0.6) is 11.5 Å². The number of thioether (sulfide) groups is 2. The summed E-state index contributed by atoms with van der Waals surface area (Å²) in [5, 5.41) is 0.847. The normalized spacial score (nSPS) is 10.2. The van der Waals surface area contributed by atoms with Crippen LogP contribution in [-0.2, 0) is 9.59 Å². The zero-order valence-corrected chi connectivity index (χ0v) is 14.4. The summed E-state index contributed by atoms with van der Waals surface area (Å²) >= 11 is 3.39. The van der Waals surface area contributed by atoms with Crippen molar-refractivity contribution in [3.8, 4) is 11.5 Å². The van der Waals surface area contributed by atoms with E-state index in [1.165, 1.54) is 13.8 Å². The van der Waals surface area contributed by atoms with Crippen LogP contribution in [-0.4, -0.2) is 17.0 Å². The lowest BCUT2D eigenvalue weighted by molar-refractivity contribution is -0.132. The van der Waals surface area contributed by atoms with Gasteiger partial charge in [0.05, 0.1) is 0 Å². The molecule has 0 radical (unpaired) electrons. The third-order valence-electron chi connectivity index (χ3n) is 2.62. The summed E-state index contributed by atoms with van der Waals surface area (Å²) < 4.78 is 9.98. The summed E-state index contributed by atoms with van der Waals surface area (Å²) in [5.41, 5.74) is 0. The third kappa shape index (κ3) is 6.38. The molecule has 0 spiro atoms. The number of carbonyl (C=O) groups is 2. The predicted octanol–water partition coefficient (Wildman–Crippen LogP) is 4.38. The monoisotopic (exact) mass is 348 g/mol. The van der Waals surface area contributed by atoms with Crippen LogP contribution in [0.1, 0.15) is 13.8 Å². The first-order valence-corrected chi connectivity index (χ1v) is 8.82. The van der Waals surface area contributed by atoms with Gasteiger partial charge in [0.1, 0.15) is 11.5 Å². The van der Waals surface area contributed by atoms with Crippen LogP contribution in [0, 0.1) is 0 Å². The minimum Gasteiger partial charge on any atom is -0.427 e. The molecule has 0 atom stereocenters. The summed E-state index contributed by atoms with van der Waals surface area (Å²) in [7, 11) is 0. The summed E-state index contributed by atoms with van der Waals surface area (Å²) in [4.78, 5) is 23.9. The van der Waals surface area contributed by atoms with Crippen molar-refractivity contribution >= 4 is 35.5 Å². The second kappa shape index (κ2) is 8.64. The van der Waals surface area contributed by atoms with Crippen molar-refractivity contribution in [3.05, 3.63) is 48.5 Å². The maximum absolute atomic E-state index is 10.9. The zero-order valence-electron chi connectivity index (χ0n) is 12.8. The van der Waals surface area contributed by atoms with Crippen molar-refractivity contribution in [1.82, 2.24) is 0 Å². The highest BCUT2D eigenvalue weighted by molar-refractivity contribution is 8.16. The SMILES string of the molecule is CC(=O)Oc1ccc(SCSc2ccc(OC(C)=O)cc2)cc1. The Hall–Kier alpha value is -1.92. The van der Waals surface area contributed by atoms with Gasteiger partial charge in [0.15, 0.2) is 0 Å². The van der Waals surface area contributed by atoms with Gasteiger partial charge in [-0.05, 0) is 48.5 Å². The van der Waals surface area contributed by atoms with E-state index in [1.807, 2.05) is 24.3 Å². The Balaban J connectivity index is 1.80. The van der Waals surface area contributed by atoms with Crippen LogP contribution in [0.2, 0.25) is 0 Å². The van der Waals surface area contributed by atoms with Gasteiger partial charge in [0.25, 0.3) is 0 Å². The standard InChI is InChI=1S/C17H16O4S2/c1-12(18)20-14-3-7-16(8-4-14)22-11-23-17-9-5-15(6-10-17)21-13(2)19/h3-10H,11H2,1-2H3. The molecule has 2 rings (SSSR count). The lowest BCUT2D eigenvalue weighted by atomic mass is 10.3. The van der Waals surface area contributed by atoms with E-state index in [2.05, 4.69) is 0 Å². The van der Waals surface area contributed by atoms with Crippen LogP contribution in [0.25, 0.3) is 0 Å². The van der Waals surface area contributed by atoms with E-state index in [0.29, 0.717) is 11.5 Å². The molecule has 0 aromatic heterocycles. The maximum atomic E-state index is 10.9. The smallest absolute Gasteiger partial charge is 0.308 e. The molecular formula is C17H16O4S2. The second-order valence-corrected chi connectivity index (χ2v) is 7.00. The molecule has 0 aliphatic rings. The third-order valence-corrected chi connectivity index (χ3v) is 4.78. The van der Waals surface area contributed by atoms with Gasteiger partial charge in [-0.3, -0.25) is 9.59 Å². The van der Waals surface area contributed by atoms with Crippen LogP contribution < -0.4 is 9.47 Å². The Kier molecular flexibility index (Phi) is 6.55. The molecule has 0 bridgehead atoms. The highest BCUT2D eigenvalue weighted by atomic mass is 32.2. The van der Waals surface area contributed by atoms with Crippen molar-refractivity contribution in [2.24, 2.45) is 0 Å². The highest BCUT2D eigenvalue weighted by Gasteiger charge is 2.01. The first-order valence-electron chi connectivity index (χ1n) is 6.85. The maximum Gasteiger partial charge on any atom is 0.308 e. The molecule has 120 valence electrons. The lowest BCUT2D eigenvalue weighted by Crippen LogP contribution is -2.00. The number of ether oxygens (including phenoxy) is 2. The molecule has 0 aliphatic carbocycles. The summed E-state index contributed by atoms with van der Waals surface area (Å²) in [6.45, 7) is 2.76. The highest BCUT2D eigenvalue weighted by Crippen LogP contribution is 2.29. The number of esters is 2. The largest absolute Gasteiger partial charge is 0.427 e. The van der Waals surface area contributed by atoms with E-state index in [4.69, 9.17) is 9.47 Å². The average molecular weight is 348 g/mol.